The Bertz CT molecular complexity index is 903. The van der Waals surface area contributed by atoms with Crippen molar-refractivity contribution in [3.05, 3.63) is 77.0 Å². The van der Waals surface area contributed by atoms with Crippen LogP contribution in [0.1, 0.15) is 29.3 Å². The average Bonchev–Trinajstić information content (AvgIpc) is 3.04. The zero-order chi connectivity index (χ0) is 18.7. The summed E-state index contributed by atoms with van der Waals surface area (Å²) in [6.45, 7) is 3.53. The van der Waals surface area contributed by atoms with Crippen LogP contribution >= 0.6 is 0 Å². The van der Waals surface area contributed by atoms with E-state index in [1.54, 1.807) is 26.0 Å². The Morgan fingerprint density at radius 1 is 1.15 bits per heavy atom. The highest BCUT2D eigenvalue weighted by Gasteiger charge is 2.37. The molecule has 2 aromatic carbocycles. The van der Waals surface area contributed by atoms with Gasteiger partial charge in [-0.1, -0.05) is 59.8 Å². The van der Waals surface area contributed by atoms with Crippen molar-refractivity contribution in [3.8, 4) is 11.3 Å². The predicted octanol–water partition coefficient (Wildman–Crippen LogP) is 3.67. The normalized spacial score (nSPS) is 13.2. The summed E-state index contributed by atoms with van der Waals surface area (Å²) in [5.41, 5.74) is 2.53. The third kappa shape index (κ3) is 3.19. The maximum atomic E-state index is 11.5. The average molecular weight is 352 g/mol. The first-order valence-electron chi connectivity index (χ1n) is 8.19. The van der Waals surface area contributed by atoms with Crippen molar-refractivity contribution >= 4 is 6.09 Å². The number of aliphatic hydroxyl groups excluding tert-OH is 1. The fourth-order valence-corrected chi connectivity index (χ4v) is 3.18. The van der Waals surface area contributed by atoms with Crippen molar-refractivity contribution in [3.63, 3.8) is 0 Å². The van der Waals surface area contributed by atoms with Crippen molar-refractivity contribution in [2.45, 2.75) is 26.0 Å². The molecule has 134 valence electrons. The minimum Gasteiger partial charge on any atom is -0.465 e. The van der Waals surface area contributed by atoms with Crippen molar-refractivity contribution in [1.82, 2.24) is 10.5 Å². The number of hydrogen-bond acceptors (Lipinski definition) is 4. The summed E-state index contributed by atoms with van der Waals surface area (Å²) >= 11 is 0. The molecule has 1 heterocycles. The van der Waals surface area contributed by atoms with E-state index in [9.17, 15) is 15.0 Å². The zero-order valence-corrected chi connectivity index (χ0v) is 14.6. The Morgan fingerprint density at radius 2 is 1.81 bits per heavy atom. The molecule has 0 spiro atoms. The van der Waals surface area contributed by atoms with E-state index in [0.717, 1.165) is 16.7 Å². The van der Waals surface area contributed by atoms with Crippen LogP contribution in [0.3, 0.4) is 0 Å². The fourth-order valence-electron chi connectivity index (χ4n) is 3.18. The lowest BCUT2D eigenvalue weighted by Crippen LogP contribution is -2.44. The summed E-state index contributed by atoms with van der Waals surface area (Å²) in [4.78, 5) is 11.5. The maximum absolute atomic E-state index is 11.5. The molecule has 1 atom stereocenters. The molecular weight excluding hydrogens is 332 g/mol. The summed E-state index contributed by atoms with van der Waals surface area (Å²) in [6, 6.07) is 16.5. The Hall–Kier alpha value is -3.12. The molecule has 0 aliphatic rings. The second kappa shape index (κ2) is 7.01. The van der Waals surface area contributed by atoms with Gasteiger partial charge < -0.3 is 20.1 Å². The van der Waals surface area contributed by atoms with E-state index in [4.69, 9.17) is 4.52 Å². The van der Waals surface area contributed by atoms with Gasteiger partial charge in [-0.05, 0) is 25.0 Å². The largest absolute Gasteiger partial charge is 0.465 e. The molecule has 1 aromatic heterocycles. The summed E-state index contributed by atoms with van der Waals surface area (Å²) in [5, 5.41) is 25.4. The first-order valence-corrected chi connectivity index (χ1v) is 8.19. The number of carboxylic acid groups (broad SMARTS) is 1. The lowest BCUT2D eigenvalue weighted by Gasteiger charge is -2.30. The van der Waals surface area contributed by atoms with Gasteiger partial charge in [0.05, 0.1) is 23.4 Å². The van der Waals surface area contributed by atoms with E-state index in [-0.39, 0.29) is 6.61 Å². The SMILES string of the molecule is Cc1noc(-c2ccc(CO)cc2)c1C(C)(NC(=O)O)c1ccccc1. The molecular formula is C20H20N2O4. The van der Waals surface area contributed by atoms with Crippen LogP contribution in [-0.2, 0) is 12.1 Å². The van der Waals surface area contributed by atoms with Gasteiger partial charge in [0.15, 0.2) is 5.76 Å². The molecule has 0 radical (unpaired) electrons. The van der Waals surface area contributed by atoms with Gasteiger partial charge in [0, 0.05) is 5.56 Å². The van der Waals surface area contributed by atoms with Gasteiger partial charge in [0.1, 0.15) is 0 Å². The number of amides is 1. The van der Waals surface area contributed by atoms with Gasteiger partial charge in [0.25, 0.3) is 0 Å². The first kappa shape index (κ1) is 17.7. The molecule has 6 nitrogen and oxygen atoms in total. The Kier molecular flexibility index (Phi) is 4.77. The molecule has 3 aromatic rings. The van der Waals surface area contributed by atoms with Gasteiger partial charge in [-0.2, -0.15) is 0 Å². The highest BCUT2D eigenvalue weighted by molar-refractivity contribution is 5.71. The minimum absolute atomic E-state index is 0.0507. The van der Waals surface area contributed by atoms with Crippen LogP contribution < -0.4 is 5.32 Å². The van der Waals surface area contributed by atoms with Crippen LogP contribution in [-0.4, -0.2) is 21.5 Å². The highest BCUT2D eigenvalue weighted by Crippen LogP contribution is 2.38. The molecule has 6 heteroatoms. The second-order valence-corrected chi connectivity index (χ2v) is 6.25. The smallest absolute Gasteiger partial charge is 0.405 e. The van der Waals surface area contributed by atoms with Crippen molar-refractivity contribution in [1.29, 1.82) is 0 Å². The number of nitrogens with zero attached hydrogens (tertiary/aromatic N) is 1. The van der Waals surface area contributed by atoms with E-state index in [0.29, 0.717) is 17.0 Å². The quantitative estimate of drug-likeness (QED) is 0.651. The van der Waals surface area contributed by atoms with Crippen LogP contribution in [0.15, 0.2) is 59.1 Å². The summed E-state index contributed by atoms with van der Waals surface area (Å²) in [7, 11) is 0. The Morgan fingerprint density at radius 3 is 2.38 bits per heavy atom. The molecule has 0 aliphatic heterocycles. The zero-order valence-electron chi connectivity index (χ0n) is 14.6. The minimum atomic E-state index is -1.14. The number of aliphatic hydroxyl groups is 1. The molecule has 3 rings (SSSR count). The monoisotopic (exact) mass is 352 g/mol. The number of rotatable bonds is 5. The molecule has 26 heavy (non-hydrogen) atoms. The molecule has 1 amide bonds. The Labute approximate surface area is 151 Å². The van der Waals surface area contributed by atoms with Crippen molar-refractivity contribution < 1.29 is 19.5 Å². The van der Waals surface area contributed by atoms with Crippen LogP contribution in [0.2, 0.25) is 0 Å². The summed E-state index contributed by atoms with van der Waals surface area (Å²) in [5.74, 6) is 0.493. The van der Waals surface area contributed by atoms with Gasteiger partial charge >= 0.3 is 6.09 Å². The van der Waals surface area contributed by atoms with Crippen LogP contribution in [0, 0.1) is 6.92 Å². The molecule has 3 N–H and O–H groups in total. The number of aryl methyl sites for hydroxylation is 1. The number of carbonyl (C=O) groups is 1. The molecule has 0 aliphatic carbocycles. The predicted molar refractivity (Wildman–Crippen MR) is 96.7 cm³/mol. The number of nitrogens with one attached hydrogen (secondary N) is 1. The van der Waals surface area contributed by atoms with Crippen molar-refractivity contribution in [2.24, 2.45) is 0 Å². The van der Waals surface area contributed by atoms with Gasteiger partial charge in [-0.25, -0.2) is 4.79 Å². The highest BCUT2D eigenvalue weighted by atomic mass is 16.5. The van der Waals surface area contributed by atoms with E-state index >= 15 is 0 Å². The lowest BCUT2D eigenvalue weighted by molar-refractivity contribution is 0.184. The summed E-state index contributed by atoms with van der Waals surface area (Å²) in [6.07, 6.45) is -1.14. The number of benzene rings is 2. The number of aromatic nitrogens is 1. The Balaban J connectivity index is 2.19. The molecule has 0 fully saturated rings. The topological polar surface area (TPSA) is 95.6 Å². The van der Waals surface area contributed by atoms with E-state index < -0.39 is 11.6 Å². The molecule has 1 unspecified atom stereocenters. The van der Waals surface area contributed by atoms with E-state index in [1.807, 2.05) is 42.5 Å². The van der Waals surface area contributed by atoms with Crippen LogP contribution in [0.25, 0.3) is 11.3 Å². The van der Waals surface area contributed by atoms with Crippen LogP contribution in [0.4, 0.5) is 4.79 Å². The number of hydrogen-bond donors (Lipinski definition) is 3. The van der Waals surface area contributed by atoms with Crippen LogP contribution in [0.5, 0.6) is 0 Å². The maximum Gasteiger partial charge on any atom is 0.405 e. The van der Waals surface area contributed by atoms with Gasteiger partial charge in [-0.15, -0.1) is 0 Å². The van der Waals surface area contributed by atoms with Gasteiger partial charge in [-0.3, -0.25) is 0 Å². The second-order valence-electron chi connectivity index (χ2n) is 6.25. The molecule has 0 saturated carbocycles. The first-order chi connectivity index (χ1) is 12.5. The van der Waals surface area contributed by atoms with Crippen molar-refractivity contribution in [2.75, 3.05) is 0 Å². The molecule has 0 bridgehead atoms. The van der Waals surface area contributed by atoms with Gasteiger partial charge in [0.2, 0.25) is 0 Å². The van der Waals surface area contributed by atoms with E-state index in [1.165, 1.54) is 0 Å². The summed E-state index contributed by atoms with van der Waals surface area (Å²) < 4.78 is 5.56. The standard InChI is InChI=1S/C20H20N2O4/c1-13-17(18(26-22-13)15-10-8-14(12-23)9-11-15)20(2,21-19(24)25)16-6-4-3-5-7-16/h3-11,21,23H,12H2,1-2H3,(H,24,25). The van der Waals surface area contributed by atoms with E-state index in [2.05, 4.69) is 10.5 Å². The third-order valence-corrected chi connectivity index (χ3v) is 4.47. The molecule has 0 saturated heterocycles. The fraction of sp³-hybridized carbons (Fsp3) is 0.200. The third-order valence-electron chi connectivity index (χ3n) is 4.47. The lowest BCUT2D eigenvalue weighted by atomic mass is 9.82.